The van der Waals surface area contributed by atoms with Crippen molar-refractivity contribution < 1.29 is 0 Å². The molecule has 7 heteroatoms. The van der Waals surface area contributed by atoms with E-state index in [1.54, 1.807) is 11.0 Å². The zero-order valence-corrected chi connectivity index (χ0v) is 12.3. The Morgan fingerprint density at radius 2 is 2.21 bits per heavy atom. The van der Waals surface area contributed by atoms with Gasteiger partial charge in [0.25, 0.3) is 0 Å². The van der Waals surface area contributed by atoms with Gasteiger partial charge in [-0.1, -0.05) is 0 Å². The van der Waals surface area contributed by atoms with Crippen LogP contribution in [0.25, 0.3) is 0 Å². The minimum atomic E-state index is 0.527. The molecule has 0 spiro atoms. The van der Waals surface area contributed by atoms with Gasteiger partial charge in [-0.05, 0) is 34.0 Å². The molecule has 0 saturated carbocycles. The third-order valence-corrected chi connectivity index (χ3v) is 2.60. The number of aromatic nitrogens is 3. The van der Waals surface area contributed by atoms with Crippen molar-refractivity contribution in [2.45, 2.75) is 19.9 Å². The van der Waals surface area contributed by atoms with E-state index < -0.39 is 0 Å². The van der Waals surface area contributed by atoms with Crippen LogP contribution in [0.15, 0.2) is 11.3 Å². The minimum absolute atomic E-state index is 0.527. The van der Waals surface area contributed by atoms with Crippen molar-refractivity contribution in [1.29, 1.82) is 0 Å². The highest BCUT2D eigenvalue weighted by atomic mass is 15.3. The standard InChI is InChI=1S/C12H25N7/c1-5-13-12(14-7-6-8-18(2)3)15-9-11-16-10-17-19(11)4/h10H,5-9H2,1-4H3,(H2,13,14,15). The zero-order valence-electron chi connectivity index (χ0n) is 12.3. The molecule has 19 heavy (non-hydrogen) atoms. The monoisotopic (exact) mass is 267 g/mol. The molecular weight excluding hydrogens is 242 g/mol. The average Bonchev–Trinajstić information content (AvgIpc) is 2.77. The van der Waals surface area contributed by atoms with Gasteiger partial charge >= 0.3 is 0 Å². The van der Waals surface area contributed by atoms with Crippen molar-refractivity contribution in [2.24, 2.45) is 12.0 Å². The summed E-state index contributed by atoms with van der Waals surface area (Å²) in [5, 5.41) is 10.6. The SMILES string of the molecule is CCNC(=NCc1ncnn1C)NCCCN(C)C. The first kappa shape index (κ1) is 15.4. The van der Waals surface area contributed by atoms with Crippen molar-refractivity contribution in [3.8, 4) is 0 Å². The lowest BCUT2D eigenvalue weighted by Crippen LogP contribution is -2.38. The fourth-order valence-electron chi connectivity index (χ4n) is 1.56. The summed E-state index contributed by atoms with van der Waals surface area (Å²) >= 11 is 0. The Bertz CT molecular complexity index is 383. The van der Waals surface area contributed by atoms with Crippen molar-refractivity contribution in [3.05, 3.63) is 12.2 Å². The summed E-state index contributed by atoms with van der Waals surface area (Å²) in [4.78, 5) is 10.8. The topological polar surface area (TPSA) is 70.4 Å². The molecule has 0 atom stereocenters. The van der Waals surface area contributed by atoms with Crippen LogP contribution in [0.4, 0.5) is 0 Å². The number of guanidine groups is 1. The van der Waals surface area contributed by atoms with Crippen molar-refractivity contribution >= 4 is 5.96 Å². The molecule has 0 aliphatic rings. The van der Waals surface area contributed by atoms with Crippen LogP contribution in [0.2, 0.25) is 0 Å². The zero-order chi connectivity index (χ0) is 14.1. The van der Waals surface area contributed by atoms with E-state index in [0.29, 0.717) is 6.54 Å². The number of nitrogens with zero attached hydrogens (tertiary/aromatic N) is 5. The van der Waals surface area contributed by atoms with Gasteiger partial charge in [0.1, 0.15) is 18.7 Å². The predicted octanol–water partition coefficient (Wildman–Crippen LogP) is -0.178. The van der Waals surface area contributed by atoms with Crippen LogP contribution in [0.1, 0.15) is 19.2 Å². The van der Waals surface area contributed by atoms with E-state index >= 15 is 0 Å². The van der Waals surface area contributed by atoms with E-state index in [1.807, 2.05) is 7.05 Å². The van der Waals surface area contributed by atoms with Crippen LogP contribution in [0.5, 0.6) is 0 Å². The number of nitrogens with one attached hydrogen (secondary N) is 2. The average molecular weight is 267 g/mol. The van der Waals surface area contributed by atoms with Gasteiger partial charge in [0.05, 0.1) is 0 Å². The number of rotatable bonds is 7. The summed E-state index contributed by atoms with van der Waals surface area (Å²) in [7, 11) is 6.02. The van der Waals surface area contributed by atoms with Gasteiger partial charge in [-0.15, -0.1) is 0 Å². The molecule has 0 amide bonds. The van der Waals surface area contributed by atoms with Crippen molar-refractivity contribution in [3.63, 3.8) is 0 Å². The molecule has 0 radical (unpaired) electrons. The highest BCUT2D eigenvalue weighted by molar-refractivity contribution is 5.79. The fraction of sp³-hybridized carbons (Fsp3) is 0.750. The summed E-state index contributed by atoms with van der Waals surface area (Å²) in [5.74, 6) is 1.68. The molecule has 1 aromatic heterocycles. The molecule has 0 aromatic carbocycles. The Labute approximate surface area is 115 Å². The Morgan fingerprint density at radius 3 is 2.79 bits per heavy atom. The van der Waals surface area contributed by atoms with Crippen LogP contribution in [-0.4, -0.2) is 59.4 Å². The van der Waals surface area contributed by atoms with E-state index in [9.17, 15) is 0 Å². The second kappa shape index (κ2) is 8.47. The fourth-order valence-corrected chi connectivity index (χ4v) is 1.56. The first-order valence-electron chi connectivity index (χ1n) is 6.63. The third kappa shape index (κ3) is 6.19. The first-order valence-corrected chi connectivity index (χ1v) is 6.63. The van der Waals surface area contributed by atoms with Gasteiger partial charge in [0, 0.05) is 20.1 Å². The normalized spacial score (nSPS) is 11.9. The lowest BCUT2D eigenvalue weighted by molar-refractivity contribution is 0.399. The van der Waals surface area contributed by atoms with Crippen LogP contribution in [-0.2, 0) is 13.6 Å². The smallest absolute Gasteiger partial charge is 0.191 e. The van der Waals surface area contributed by atoms with Gasteiger partial charge in [0.2, 0.25) is 0 Å². The Kier molecular flexibility index (Phi) is 6.88. The molecule has 0 aliphatic carbocycles. The molecule has 0 aliphatic heterocycles. The van der Waals surface area contributed by atoms with Gasteiger partial charge in [-0.25, -0.2) is 9.98 Å². The molecule has 1 heterocycles. The molecular formula is C12H25N7. The molecule has 7 nitrogen and oxygen atoms in total. The maximum absolute atomic E-state index is 4.49. The summed E-state index contributed by atoms with van der Waals surface area (Å²) in [6.07, 6.45) is 2.63. The molecule has 1 rings (SSSR count). The second-order valence-corrected chi connectivity index (χ2v) is 4.58. The number of hydrogen-bond acceptors (Lipinski definition) is 4. The van der Waals surface area contributed by atoms with E-state index in [2.05, 4.69) is 51.6 Å². The maximum Gasteiger partial charge on any atom is 0.191 e. The van der Waals surface area contributed by atoms with Gasteiger partial charge in [0.15, 0.2) is 5.96 Å². The van der Waals surface area contributed by atoms with Gasteiger partial charge in [-0.2, -0.15) is 5.10 Å². The summed E-state index contributed by atoms with van der Waals surface area (Å²) in [6.45, 7) is 5.40. The second-order valence-electron chi connectivity index (χ2n) is 4.58. The van der Waals surface area contributed by atoms with Crippen LogP contribution in [0.3, 0.4) is 0 Å². The molecule has 0 fully saturated rings. The first-order chi connectivity index (χ1) is 9.13. The van der Waals surface area contributed by atoms with E-state index in [1.165, 1.54) is 0 Å². The summed E-state index contributed by atoms with van der Waals surface area (Å²) in [5.41, 5.74) is 0. The largest absolute Gasteiger partial charge is 0.357 e. The Morgan fingerprint density at radius 1 is 1.42 bits per heavy atom. The predicted molar refractivity (Wildman–Crippen MR) is 77.0 cm³/mol. The number of hydrogen-bond donors (Lipinski definition) is 2. The third-order valence-electron chi connectivity index (χ3n) is 2.60. The molecule has 108 valence electrons. The van der Waals surface area contributed by atoms with Crippen molar-refractivity contribution in [2.75, 3.05) is 33.7 Å². The minimum Gasteiger partial charge on any atom is -0.357 e. The Hall–Kier alpha value is -1.63. The maximum atomic E-state index is 4.49. The number of aliphatic imine (C=N–C) groups is 1. The molecule has 2 N–H and O–H groups in total. The van der Waals surface area contributed by atoms with Gasteiger partial charge < -0.3 is 15.5 Å². The molecule has 0 unspecified atom stereocenters. The molecule has 0 bridgehead atoms. The van der Waals surface area contributed by atoms with Crippen LogP contribution in [0, 0.1) is 0 Å². The lowest BCUT2D eigenvalue weighted by Gasteiger charge is -2.13. The highest BCUT2D eigenvalue weighted by Gasteiger charge is 2.01. The number of aryl methyl sites for hydroxylation is 1. The quantitative estimate of drug-likeness (QED) is 0.407. The molecule has 1 aromatic rings. The molecule has 0 saturated heterocycles. The highest BCUT2D eigenvalue weighted by Crippen LogP contribution is 1.93. The lowest BCUT2D eigenvalue weighted by atomic mass is 10.4. The summed E-state index contributed by atoms with van der Waals surface area (Å²) < 4.78 is 1.74. The van der Waals surface area contributed by atoms with Crippen molar-refractivity contribution in [1.82, 2.24) is 30.3 Å². The van der Waals surface area contributed by atoms with Crippen LogP contribution < -0.4 is 10.6 Å². The van der Waals surface area contributed by atoms with E-state index in [0.717, 1.165) is 37.8 Å². The van der Waals surface area contributed by atoms with Gasteiger partial charge in [-0.3, -0.25) is 4.68 Å². The van der Waals surface area contributed by atoms with E-state index in [-0.39, 0.29) is 0 Å². The summed E-state index contributed by atoms with van der Waals surface area (Å²) in [6, 6.07) is 0. The Balaban J connectivity index is 2.40. The van der Waals surface area contributed by atoms with Crippen LogP contribution >= 0.6 is 0 Å². The van der Waals surface area contributed by atoms with E-state index in [4.69, 9.17) is 0 Å².